The van der Waals surface area contributed by atoms with Crippen molar-refractivity contribution in [1.82, 2.24) is 0 Å². The Morgan fingerprint density at radius 1 is 0.923 bits per heavy atom. The first-order chi connectivity index (χ1) is 6.20. The Hall–Kier alpha value is 0. The van der Waals surface area contributed by atoms with Gasteiger partial charge < -0.3 is 0 Å². The first-order valence-corrected chi connectivity index (χ1v) is 6.20. The zero-order valence-electron chi connectivity index (χ0n) is 9.68. The molecule has 1 aliphatic rings. The molecule has 1 fully saturated rings. The largest absolute Gasteiger partial charge is 0.0628 e. The van der Waals surface area contributed by atoms with Crippen molar-refractivity contribution in [1.29, 1.82) is 0 Å². The second-order valence-electron chi connectivity index (χ2n) is 5.36. The van der Waals surface area contributed by atoms with Gasteiger partial charge in [-0.25, -0.2) is 0 Å². The van der Waals surface area contributed by atoms with Gasteiger partial charge in [-0.15, -0.1) is 0 Å². The standard InChI is InChI=1S/C13H26/c1-11(2)10-12(3)13-8-6-4-5-7-9-13/h11-13H,4-10H2,1-3H3. The molecular weight excluding hydrogens is 156 g/mol. The maximum Gasteiger partial charge on any atom is -0.0388 e. The van der Waals surface area contributed by atoms with Crippen LogP contribution in [0.1, 0.15) is 65.7 Å². The van der Waals surface area contributed by atoms with Crippen LogP contribution in [0.3, 0.4) is 0 Å². The van der Waals surface area contributed by atoms with Crippen molar-refractivity contribution in [2.24, 2.45) is 17.8 Å². The van der Waals surface area contributed by atoms with E-state index in [-0.39, 0.29) is 0 Å². The summed E-state index contributed by atoms with van der Waals surface area (Å²) in [4.78, 5) is 0. The Morgan fingerprint density at radius 2 is 1.46 bits per heavy atom. The lowest BCUT2D eigenvalue weighted by atomic mass is 9.82. The molecule has 0 saturated heterocycles. The Bertz CT molecular complexity index is 118. The van der Waals surface area contributed by atoms with Gasteiger partial charge in [0.15, 0.2) is 0 Å². The molecule has 0 spiro atoms. The van der Waals surface area contributed by atoms with E-state index in [1.807, 2.05) is 0 Å². The summed E-state index contributed by atoms with van der Waals surface area (Å²) < 4.78 is 0. The van der Waals surface area contributed by atoms with Gasteiger partial charge in [0.25, 0.3) is 0 Å². The van der Waals surface area contributed by atoms with E-state index in [0.717, 1.165) is 17.8 Å². The third kappa shape index (κ3) is 4.15. The lowest BCUT2D eigenvalue weighted by molar-refractivity contribution is 0.276. The Morgan fingerprint density at radius 3 is 1.92 bits per heavy atom. The van der Waals surface area contributed by atoms with Gasteiger partial charge >= 0.3 is 0 Å². The van der Waals surface area contributed by atoms with E-state index in [1.54, 1.807) is 0 Å². The van der Waals surface area contributed by atoms with Gasteiger partial charge in [0.1, 0.15) is 0 Å². The second-order valence-corrected chi connectivity index (χ2v) is 5.36. The summed E-state index contributed by atoms with van der Waals surface area (Å²) in [6, 6.07) is 0. The van der Waals surface area contributed by atoms with Crippen LogP contribution in [-0.4, -0.2) is 0 Å². The first-order valence-electron chi connectivity index (χ1n) is 6.20. The van der Waals surface area contributed by atoms with Crippen LogP contribution in [0.2, 0.25) is 0 Å². The van der Waals surface area contributed by atoms with Crippen molar-refractivity contribution in [3.05, 3.63) is 0 Å². The monoisotopic (exact) mass is 182 g/mol. The number of rotatable bonds is 3. The minimum Gasteiger partial charge on any atom is -0.0628 e. The van der Waals surface area contributed by atoms with Gasteiger partial charge in [-0.05, 0) is 24.2 Å². The zero-order valence-corrected chi connectivity index (χ0v) is 9.68. The molecule has 1 unspecified atom stereocenters. The van der Waals surface area contributed by atoms with Crippen molar-refractivity contribution >= 4 is 0 Å². The Kier molecular flexibility index (Phi) is 4.83. The van der Waals surface area contributed by atoms with Gasteiger partial charge in [0.2, 0.25) is 0 Å². The molecule has 0 bridgehead atoms. The molecule has 13 heavy (non-hydrogen) atoms. The van der Waals surface area contributed by atoms with Crippen LogP contribution in [0.5, 0.6) is 0 Å². The predicted molar refractivity (Wildman–Crippen MR) is 59.8 cm³/mol. The van der Waals surface area contributed by atoms with Gasteiger partial charge in [-0.2, -0.15) is 0 Å². The molecule has 78 valence electrons. The summed E-state index contributed by atoms with van der Waals surface area (Å²) in [6.07, 6.45) is 10.4. The predicted octanol–water partition coefficient (Wildman–Crippen LogP) is 4.64. The van der Waals surface area contributed by atoms with Crippen LogP contribution in [0.25, 0.3) is 0 Å². The summed E-state index contributed by atoms with van der Waals surface area (Å²) in [5.41, 5.74) is 0. The SMILES string of the molecule is CC(C)CC(C)C1CCCCCC1. The maximum atomic E-state index is 2.47. The molecule has 0 aromatic carbocycles. The van der Waals surface area contributed by atoms with E-state index in [1.165, 1.54) is 44.9 Å². The lowest BCUT2D eigenvalue weighted by Crippen LogP contribution is -2.13. The van der Waals surface area contributed by atoms with E-state index in [9.17, 15) is 0 Å². The van der Waals surface area contributed by atoms with Crippen LogP contribution in [0.15, 0.2) is 0 Å². The Labute approximate surface area is 84.1 Å². The van der Waals surface area contributed by atoms with Crippen LogP contribution in [0, 0.1) is 17.8 Å². The van der Waals surface area contributed by atoms with E-state index in [2.05, 4.69) is 20.8 Å². The molecule has 1 atom stereocenters. The fraction of sp³-hybridized carbons (Fsp3) is 1.00. The van der Waals surface area contributed by atoms with Crippen LogP contribution in [-0.2, 0) is 0 Å². The molecule has 1 aliphatic carbocycles. The Balaban J connectivity index is 2.30. The van der Waals surface area contributed by atoms with Gasteiger partial charge in [-0.1, -0.05) is 59.3 Å². The third-order valence-electron chi connectivity index (χ3n) is 3.55. The fourth-order valence-electron chi connectivity index (χ4n) is 2.82. The number of hydrogen-bond donors (Lipinski definition) is 0. The van der Waals surface area contributed by atoms with Crippen LogP contribution < -0.4 is 0 Å². The van der Waals surface area contributed by atoms with Gasteiger partial charge in [-0.3, -0.25) is 0 Å². The average molecular weight is 182 g/mol. The quantitative estimate of drug-likeness (QED) is 0.558. The van der Waals surface area contributed by atoms with E-state index < -0.39 is 0 Å². The summed E-state index contributed by atoms with van der Waals surface area (Å²) in [7, 11) is 0. The van der Waals surface area contributed by atoms with E-state index in [0.29, 0.717) is 0 Å². The molecule has 0 aromatic rings. The minimum absolute atomic E-state index is 0.887. The minimum atomic E-state index is 0.887. The number of hydrogen-bond acceptors (Lipinski definition) is 0. The zero-order chi connectivity index (χ0) is 9.68. The molecule has 0 heterocycles. The van der Waals surface area contributed by atoms with Crippen molar-refractivity contribution in [3.63, 3.8) is 0 Å². The van der Waals surface area contributed by atoms with Crippen LogP contribution >= 0.6 is 0 Å². The molecule has 0 radical (unpaired) electrons. The molecular formula is C13H26. The highest BCUT2D eigenvalue weighted by molar-refractivity contribution is 4.71. The normalized spacial score (nSPS) is 23.1. The highest BCUT2D eigenvalue weighted by Crippen LogP contribution is 2.31. The molecule has 0 aliphatic heterocycles. The molecule has 0 aromatic heterocycles. The third-order valence-corrected chi connectivity index (χ3v) is 3.55. The summed E-state index contributed by atoms with van der Waals surface area (Å²) in [5.74, 6) is 2.90. The molecule has 1 rings (SSSR count). The molecule has 0 heteroatoms. The highest BCUT2D eigenvalue weighted by Gasteiger charge is 2.19. The van der Waals surface area contributed by atoms with Crippen molar-refractivity contribution in [2.75, 3.05) is 0 Å². The van der Waals surface area contributed by atoms with E-state index in [4.69, 9.17) is 0 Å². The molecule has 1 saturated carbocycles. The molecule has 0 nitrogen and oxygen atoms in total. The van der Waals surface area contributed by atoms with Gasteiger partial charge in [0.05, 0.1) is 0 Å². The molecule has 0 N–H and O–H groups in total. The average Bonchev–Trinajstić information content (AvgIpc) is 2.29. The fourth-order valence-corrected chi connectivity index (χ4v) is 2.82. The lowest BCUT2D eigenvalue weighted by Gasteiger charge is -2.23. The van der Waals surface area contributed by atoms with E-state index >= 15 is 0 Å². The van der Waals surface area contributed by atoms with Crippen molar-refractivity contribution in [3.8, 4) is 0 Å². The highest BCUT2D eigenvalue weighted by atomic mass is 14.2. The molecule has 0 amide bonds. The van der Waals surface area contributed by atoms with Crippen molar-refractivity contribution in [2.45, 2.75) is 65.7 Å². The van der Waals surface area contributed by atoms with Crippen LogP contribution in [0.4, 0.5) is 0 Å². The second kappa shape index (κ2) is 5.67. The maximum absolute atomic E-state index is 2.47. The summed E-state index contributed by atoms with van der Waals surface area (Å²) >= 11 is 0. The topological polar surface area (TPSA) is 0 Å². The first kappa shape index (κ1) is 11.1. The van der Waals surface area contributed by atoms with Gasteiger partial charge in [0, 0.05) is 0 Å². The summed E-state index contributed by atoms with van der Waals surface area (Å²) in [5, 5.41) is 0. The smallest absolute Gasteiger partial charge is 0.0388 e. The van der Waals surface area contributed by atoms with Crippen molar-refractivity contribution < 1.29 is 0 Å². The summed E-state index contributed by atoms with van der Waals surface area (Å²) in [6.45, 7) is 7.18.